The highest BCUT2D eigenvalue weighted by Gasteiger charge is 2.77. The molecular formula is C24H35BrN2O6. The van der Waals surface area contributed by atoms with Crippen molar-refractivity contribution in [1.29, 1.82) is 0 Å². The third-order valence-electron chi connectivity index (χ3n) is 7.00. The third kappa shape index (κ3) is 4.28. The standard InChI is InChI=1S/C24H35BrN2O6/c1-6-8-9-11-32-23(31)17-18-21(29)27(15(5)13-28)20(22(30)26(10-7-2)14(3)4)24(18)12-16(25)19(17)33-24/h6-7,14-20,28H,1-2,8-13H2,3-5H3/t15-,16?,17+,18+,19+,20?,24?/m1/s1. The molecule has 3 rings (SSSR count). The van der Waals surface area contributed by atoms with E-state index in [0.29, 0.717) is 19.4 Å². The molecule has 1 spiro atoms. The first kappa shape index (κ1) is 25.9. The van der Waals surface area contributed by atoms with Crippen molar-refractivity contribution in [2.45, 2.75) is 74.7 Å². The van der Waals surface area contributed by atoms with Gasteiger partial charge in [0.15, 0.2) is 0 Å². The van der Waals surface area contributed by atoms with Gasteiger partial charge in [-0.15, -0.1) is 13.2 Å². The molecule has 0 aromatic heterocycles. The van der Waals surface area contributed by atoms with Gasteiger partial charge >= 0.3 is 5.97 Å². The average molecular weight is 527 g/mol. The normalized spacial score (nSPS) is 33.2. The van der Waals surface area contributed by atoms with E-state index in [2.05, 4.69) is 29.1 Å². The van der Waals surface area contributed by atoms with E-state index in [1.807, 2.05) is 13.8 Å². The van der Waals surface area contributed by atoms with Gasteiger partial charge < -0.3 is 24.4 Å². The summed E-state index contributed by atoms with van der Waals surface area (Å²) in [4.78, 5) is 43.6. The summed E-state index contributed by atoms with van der Waals surface area (Å²) >= 11 is 3.63. The minimum Gasteiger partial charge on any atom is -0.465 e. The minimum absolute atomic E-state index is 0.128. The van der Waals surface area contributed by atoms with E-state index in [1.54, 1.807) is 24.0 Å². The van der Waals surface area contributed by atoms with Gasteiger partial charge in [0.25, 0.3) is 0 Å². The number of unbranched alkanes of at least 4 members (excludes halogenated alkanes) is 1. The lowest BCUT2D eigenvalue weighted by Gasteiger charge is -2.39. The second-order valence-electron chi connectivity index (χ2n) is 9.41. The predicted molar refractivity (Wildman–Crippen MR) is 127 cm³/mol. The number of fused-ring (bicyclic) bond motifs is 1. The summed E-state index contributed by atoms with van der Waals surface area (Å²) in [6.07, 6.45) is 4.63. The van der Waals surface area contributed by atoms with Gasteiger partial charge in [0.1, 0.15) is 11.6 Å². The fourth-order valence-corrected chi connectivity index (χ4v) is 6.47. The minimum atomic E-state index is -1.16. The number of ether oxygens (including phenoxy) is 2. The molecule has 2 amide bonds. The van der Waals surface area contributed by atoms with E-state index in [-0.39, 0.29) is 35.9 Å². The smallest absolute Gasteiger partial charge is 0.312 e. The zero-order valence-electron chi connectivity index (χ0n) is 19.6. The van der Waals surface area contributed by atoms with Crippen molar-refractivity contribution in [1.82, 2.24) is 9.80 Å². The molecule has 2 bridgehead atoms. The van der Waals surface area contributed by atoms with E-state index in [9.17, 15) is 19.5 Å². The maximum atomic E-state index is 13.9. The van der Waals surface area contributed by atoms with Crippen molar-refractivity contribution in [3.63, 3.8) is 0 Å². The lowest BCUT2D eigenvalue weighted by atomic mass is 9.70. The Morgan fingerprint density at radius 1 is 1.36 bits per heavy atom. The lowest BCUT2D eigenvalue weighted by Crippen LogP contribution is -2.59. The second kappa shape index (κ2) is 10.3. The summed E-state index contributed by atoms with van der Waals surface area (Å²) in [5.74, 6) is -2.72. The van der Waals surface area contributed by atoms with E-state index < -0.39 is 41.6 Å². The van der Waals surface area contributed by atoms with E-state index in [4.69, 9.17) is 9.47 Å². The van der Waals surface area contributed by atoms with Crippen LogP contribution in [0.4, 0.5) is 0 Å². The maximum absolute atomic E-state index is 13.9. The number of aliphatic hydroxyl groups is 1. The van der Waals surface area contributed by atoms with Crippen molar-refractivity contribution < 1.29 is 29.0 Å². The highest BCUT2D eigenvalue weighted by molar-refractivity contribution is 9.09. The zero-order valence-corrected chi connectivity index (χ0v) is 21.2. The number of carbonyl (C=O) groups is 3. The molecule has 3 fully saturated rings. The molecule has 0 radical (unpaired) electrons. The maximum Gasteiger partial charge on any atom is 0.312 e. The number of hydrogen-bond donors (Lipinski definition) is 1. The SMILES string of the molecule is C=CCCCOC(=O)[C@H]1[C@H]2C(=O)N([C@H](C)CO)C(C(=O)N(CC=C)C(C)C)C23CC(Br)[C@@H]1O3. The van der Waals surface area contributed by atoms with Crippen LogP contribution in [0.5, 0.6) is 0 Å². The van der Waals surface area contributed by atoms with Crippen LogP contribution in [0.2, 0.25) is 0 Å². The third-order valence-corrected chi connectivity index (χ3v) is 7.85. The molecule has 9 heteroatoms. The van der Waals surface area contributed by atoms with E-state index in [1.165, 1.54) is 4.90 Å². The van der Waals surface area contributed by atoms with Crippen LogP contribution in [0, 0.1) is 11.8 Å². The van der Waals surface area contributed by atoms with Crippen molar-refractivity contribution in [2.24, 2.45) is 11.8 Å². The monoisotopic (exact) mass is 526 g/mol. The molecule has 3 saturated heterocycles. The van der Waals surface area contributed by atoms with Crippen LogP contribution < -0.4 is 0 Å². The molecule has 0 aromatic rings. The molecule has 3 heterocycles. The van der Waals surface area contributed by atoms with Gasteiger partial charge in [-0.1, -0.05) is 28.1 Å². The van der Waals surface area contributed by atoms with Crippen LogP contribution in [0.1, 0.15) is 40.0 Å². The number of halogens is 1. The van der Waals surface area contributed by atoms with E-state index in [0.717, 1.165) is 6.42 Å². The first-order chi connectivity index (χ1) is 15.7. The molecule has 3 aliphatic rings. The highest BCUT2D eigenvalue weighted by Crippen LogP contribution is 2.60. The number of hydrogen-bond acceptors (Lipinski definition) is 6. The van der Waals surface area contributed by atoms with Gasteiger partial charge in [-0.25, -0.2) is 0 Å². The number of amides is 2. The first-order valence-corrected chi connectivity index (χ1v) is 12.5. The summed E-state index contributed by atoms with van der Waals surface area (Å²) in [7, 11) is 0. The Bertz CT molecular complexity index is 804. The number of alkyl halides is 1. The molecule has 184 valence electrons. The van der Waals surface area contributed by atoms with Gasteiger partial charge in [-0.3, -0.25) is 14.4 Å². The Morgan fingerprint density at radius 3 is 2.64 bits per heavy atom. The average Bonchev–Trinajstić information content (AvgIpc) is 3.37. The Kier molecular flexibility index (Phi) is 8.07. The van der Waals surface area contributed by atoms with Crippen molar-refractivity contribution in [3.05, 3.63) is 25.3 Å². The summed E-state index contributed by atoms with van der Waals surface area (Å²) in [6, 6.07) is -1.68. The molecule has 3 aliphatic heterocycles. The largest absolute Gasteiger partial charge is 0.465 e. The van der Waals surface area contributed by atoms with Gasteiger partial charge in [0.2, 0.25) is 11.8 Å². The van der Waals surface area contributed by atoms with Crippen LogP contribution in [0.15, 0.2) is 25.3 Å². The van der Waals surface area contributed by atoms with Gasteiger partial charge in [0, 0.05) is 17.4 Å². The van der Waals surface area contributed by atoms with Gasteiger partial charge in [-0.05, 0) is 40.0 Å². The fraction of sp³-hybridized carbons (Fsp3) is 0.708. The topological polar surface area (TPSA) is 96.4 Å². The molecule has 0 aromatic carbocycles. The van der Waals surface area contributed by atoms with Crippen LogP contribution in [-0.4, -0.2) is 87.1 Å². The molecule has 7 atom stereocenters. The number of likely N-dealkylation sites (tertiary alicyclic amines) is 1. The number of esters is 1. The molecule has 3 unspecified atom stereocenters. The summed E-state index contributed by atoms with van der Waals surface area (Å²) in [6.45, 7) is 13.2. The Hall–Kier alpha value is -1.71. The van der Waals surface area contributed by atoms with Crippen LogP contribution >= 0.6 is 15.9 Å². The summed E-state index contributed by atoms with van der Waals surface area (Å²) in [5.41, 5.74) is -1.16. The van der Waals surface area contributed by atoms with Crippen LogP contribution in [0.3, 0.4) is 0 Å². The van der Waals surface area contributed by atoms with Crippen LogP contribution in [0.25, 0.3) is 0 Å². The lowest BCUT2D eigenvalue weighted by molar-refractivity contribution is -0.156. The first-order valence-electron chi connectivity index (χ1n) is 11.6. The zero-order chi connectivity index (χ0) is 24.5. The number of nitrogens with zero attached hydrogens (tertiary/aromatic N) is 2. The molecule has 0 aliphatic carbocycles. The molecule has 0 saturated carbocycles. The second-order valence-corrected chi connectivity index (χ2v) is 10.6. The highest BCUT2D eigenvalue weighted by atomic mass is 79.9. The fourth-order valence-electron chi connectivity index (χ4n) is 5.53. The Morgan fingerprint density at radius 2 is 2.06 bits per heavy atom. The Labute approximate surface area is 204 Å². The quantitative estimate of drug-likeness (QED) is 0.191. The van der Waals surface area contributed by atoms with Crippen molar-refractivity contribution >= 4 is 33.7 Å². The Balaban J connectivity index is 2.00. The number of allylic oxidation sites excluding steroid dienone is 1. The van der Waals surface area contributed by atoms with Gasteiger partial charge in [0.05, 0.1) is 37.2 Å². The van der Waals surface area contributed by atoms with Crippen molar-refractivity contribution in [2.75, 3.05) is 19.8 Å². The number of rotatable bonds is 11. The summed E-state index contributed by atoms with van der Waals surface area (Å²) in [5, 5.41) is 9.90. The molecular weight excluding hydrogens is 492 g/mol. The van der Waals surface area contributed by atoms with Crippen molar-refractivity contribution in [3.8, 4) is 0 Å². The number of carbonyl (C=O) groups excluding carboxylic acids is 3. The van der Waals surface area contributed by atoms with E-state index >= 15 is 0 Å². The number of aliphatic hydroxyl groups excluding tert-OH is 1. The molecule has 8 nitrogen and oxygen atoms in total. The van der Waals surface area contributed by atoms with Gasteiger partial charge in [-0.2, -0.15) is 0 Å². The summed E-state index contributed by atoms with van der Waals surface area (Å²) < 4.78 is 11.9. The predicted octanol–water partition coefficient (Wildman–Crippen LogP) is 2.05. The van der Waals surface area contributed by atoms with Crippen LogP contribution in [-0.2, 0) is 23.9 Å². The molecule has 1 N–H and O–H groups in total. The molecule has 33 heavy (non-hydrogen) atoms.